The summed E-state index contributed by atoms with van der Waals surface area (Å²) in [5.41, 5.74) is -1.88. The van der Waals surface area contributed by atoms with Gasteiger partial charge in [-0.2, -0.15) is 35.1 Å². The first-order chi connectivity index (χ1) is 17.2. The molecule has 0 aliphatic heterocycles. The first-order valence-corrected chi connectivity index (χ1v) is 10.4. The van der Waals surface area contributed by atoms with Crippen molar-refractivity contribution in [1.82, 2.24) is 5.32 Å². The van der Waals surface area contributed by atoms with E-state index in [0.717, 1.165) is 6.07 Å². The van der Waals surface area contributed by atoms with Gasteiger partial charge in [-0.05, 0) is 48.0 Å². The molecule has 3 rings (SSSR count). The van der Waals surface area contributed by atoms with Crippen molar-refractivity contribution in [3.8, 4) is 17.2 Å². The Morgan fingerprint density at radius 2 is 1.43 bits per heavy atom. The number of nitrogens with one attached hydrogen (secondary N) is 1. The molecule has 2 atom stereocenters. The molecule has 0 aromatic heterocycles. The molecule has 13 heteroatoms. The lowest BCUT2D eigenvalue weighted by molar-refractivity contribution is -0.202. The van der Waals surface area contributed by atoms with Crippen LogP contribution in [0.15, 0.2) is 66.7 Å². The molecule has 3 aromatic carbocycles. The zero-order chi connectivity index (χ0) is 27.4. The zero-order valence-corrected chi connectivity index (χ0v) is 18.5. The summed E-state index contributed by atoms with van der Waals surface area (Å²) in [6, 6.07) is 10.2. The summed E-state index contributed by atoms with van der Waals surface area (Å²) in [5.74, 6) is -1.34. The molecule has 2 unspecified atom stereocenters. The van der Waals surface area contributed by atoms with Crippen molar-refractivity contribution in [3.63, 3.8) is 0 Å². The highest BCUT2D eigenvalue weighted by molar-refractivity contribution is 5.42. The van der Waals surface area contributed by atoms with Crippen LogP contribution in [0.2, 0.25) is 0 Å². The molecular weight excluding hydrogens is 521 g/mol. The standard InChI is InChI=1S/C24H18F9NO3/c25-19-8-7-14(23(28,29)30)10-18(19)21(34-12-20(35)24(31,32)33)13-3-1-4-15(9-13)36-16-5-2-6-17(11-16)37-22(26)27/h1-11,20-22,34-35H,12H2. The van der Waals surface area contributed by atoms with Gasteiger partial charge in [-0.3, -0.25) is 0 Å². The normalized spacial score (nSPS) is 13.9. The maximum atomic E-state index is 14.6. The molecule has 0 heterocycles. The molecule has 0 amide bonds. The van der Waals surface area contributed by atoms with Gasteiger partial charge in [-0.1, -0.05) is 18.2 Å². The molecule has 3 aromatic rings. The summed E-state index contributed by atoms with van der Waals surface area (Å²) < 4.78 is 128. The zero-order valence-electron chi connectivity index (χ0n) is 18.5. The predicted molar refractivity (Wildman–Crippen MR) is 113 cm³/mol. The van der Waals surface area contributed by atoms with Crippen LogP contribution >= 0.6 is 0 Å². The number of aliphatic hydroxyl groups excluding tert-OH is 1. The van der Waals surface area contributed by atoms with Gasteiger partial charge in [-0.25, -0.2) is 4.39 Å². The van der Waals surface area contributed by atoms with E-state index in [1.807, 2.05) is 0 Å². The van der Waals surface area contributed by atoms with E-state index in [0.29, 0.717) is 18.2 Å². The van der Waals surface area contributed by atoms with Crippen LogP contribution in [-0.4, -0.2) is 30.5 Å². The van der Waals surface area contributed by atoms with Crippen molar-refractivity contribution in [2.75, 3.05) is 6.54 Å². The van der Waals surface area contributed by atoms with Gasteiger partial charge in [0.2, 0.25) is 0 Å². The molecule has 200 valence electrons. The Kier molecular flexibility index (Phi) is 8.59. The van der Waals surface area contributed by atoms with Crippen LogP contribution in [0.5, 0.6) is 17.2 Å². The highest BCUT2D eigenvalue weighted by atomic mass is 19.4. The second-order valence-electron chi connectivity index (χ2n) is 7.66. The maximum absolute atomic E-state index is 14.6. The van der Waals surface area contributed by atoms with Gasteiger partial charge in [0.25, 0.3) is 0 Å². The van der Waals surface area contributed by atoms with Gasteiger partial charge in [0.05, 0.1) is 11.6 Å². The molecule has 0 aliphatic rings. The quantitative estimate of drug-likeness (QED) is 0.293. The first-order valence-electron chi connectivity index (χ1n) is 10.4. The third kappa shape index (κ3) is 7.76. The third-order valence-electron chi connectivity index (χ3n) is 4.99. The van der Waals surface area contributed by atoms with Crippen molar-refractivity contribution in [2.45, 2.75) is 31.1 Å². The van der Waals surface area contributed by atoms with Crippen LogP contribution in [-0.2, 0) is 6.18 Å². The Morgan fingerprint density at radius 3 is 2.05 bits per heavy atom. The van der Waals surface area contributed by atoms with Gasteiger partial charge < -0.3 is 19.9 Å². The fraction of sp³-hybridized carbons (Fsp3) is 0.250. The van der Waals surface area contributed by atoms with Crippen molar-refractivity contribution < 1.29 is 54.1 Å². The Morgan fingerprint density at radius 1 is 0.811 bits per heavy atom. The Bertz CT molecular complexity index is 1200. The second-order valence-corrected chi connectivity index (χ2v) is 7.66. The Balaban J connectivity index is 1.98. The fourth-order valence-corrected chi connectivity index (χ4v) is 3.30. The second kappa shape index (κ2) is 11.3. The minimum absolute atomic E-state index is 0.00208. The Labute approximate surface area is 204 Å². The van der Waals surface area contributed by atoms with E-state index in [2.05, 4.69) is 10.1 Å². The van der Waals surface area contributed by atoms with Gasteiger partial charge in [0.1, 0.15) is 23.1 Å². The topological polar surface area (TPSA) is 50.7 Å². The molecule has 0 saturated carbocycles. The average Bonchev–Trinajstić information content (AvgIpc) is 2.79. The number of hydrogen-bond acceptors (Lipinski definition) is 4. The molecule has 0 bridgehead atoms. The van der Waals surface area contributed by atoms with Gasteiger partial charge in [-0.15, -0.1) is 0 Å². The van der Waals surface area contributed by atoms with E-state index in [1.165, 1.54) is 42.5 Å². The fourth-order valence-electron chi connectivity index (χ4n) is 3.30. The van der Waals surface area contributed by atoms with E-state index < -0.39 is 54.6 Å². The lowest BCUT2D eigenvalue weighted by Gasteiger charge is -2.24. The van der Waals surface area contributed by atoms with Gasteiger partial charge in [0.15, 0.2) is 6.10 Å². The number of aliphatic hydroxyl groups is 1. The molecule has 2 N–H and O–H groups in total. The lowest BCUT2D eigenvalue weighted by Crippen LogP contribution is -2.40. The van der Waals surface area contributed by atoms with Crippen molar-refractivity contribution in [3.05, 3.63) is 89.2 Å². The number of ether oxygens (including phenoxy) is 2. The van der Waals surface area contributed by atoms with E-state index >= 15 is 0 Å². The SMILES string of the molecule is OC(CNC(c1cccc(Oc2cccc(OC(F)F)c2)c1)c1cc(C(F)(F)F)ccc1F)C(F)(F)F. The van der Waals surface area contributed by atoms with Crippen LogP contribution < -0.4 is 14.8 Å². The van der Waals surface area contributed by atoms with Crippen molar-refractivity contribution in [2.24, 2.45) is 0 Å². The number of hydrogen-bond donors (Lipinski definition) is 2. The number of benzene rings is 3. The lowest BCUT2D eigenvalue weighted by atomic mass is 9.95. The van der Waals surface area contributed by atoms with Crippen LogP contribution in [0.25, 0.3) is 0 Å². The number of alkyl halides is 8. The summed E-state index contributed by atoms with van der Waals surface area (Å²) >= 11 is 0. The van der Waals surface area contributed by atoms with Gasteiger partial charge >= 0.3 is 19.0 Å². The average molecular weight is 539 g/mol. The van der Waals surface area contributed by atoms with E-state index in [1.54, 1.807) is 0 Å². The molecule has 0 saturated heterocycles. The highest BCUT2D eigenvalue weighted by Gasteiger charge is 2.39. The van der Waals surface area contributed by atoms with Crippen molar-refractivity contribution >= 4 is 0 Å². The number of halogens is 9. The molecule has 0 fully saturated rings. The minimum Gasteiger partial charge on any atom is -0.457 e. The summed E-state index contributed by atoms with van der Waals surface area (Å²) in [6.45, 7) is -4.26. The largest absolute Gasteiger partial charge is 0.457 e. The summed E-state index contributed by atoms with van der Waals surface area (Å²) in [7, 11) is 0. The molecular formula is C24H18F9NO3. The van der Waals surface area contributed by atoms with Crippen LogP contribution in [0.3, 0.4) is 0 Å². The maximum Gasteiger partial charge on any atom is 0.416 e. The first kappa shape index (κ1) is 28.1. The molecule has 0 spiro atoms. The van der Waals surface area contributed by atoms with Crippen molar-refractivity contribution in [1.29, 1.82) is 0 Å². The predicted octanol–water partition coefficient (Wildman–Crippen LogP) is 6.84. The van der Waals surface area contributed by atoms with Gasteiger partial charge in [0, 0.05) is 18.2 Å². The van der Waals surface area contributed by atoms with Crippen LogP contribution in [0.1, 0.15) is 22.7 Å². The van der Waals surface area contributed by atoms with E-state index in [-0.39, 0.29) is 22.8 Å². The van der Waals surface area contributed by atoms with E-state index in [4.69, 9.17) is 4.74 Å². The summed E-state index contributed by atoms with van der Waals surface area (Å²) in [4.78, 5) is 0. The van der Waals surface area contributed by atoms with Crippen LogP contribution in [0, 0.1) is 5.82 Å². The highest BCUT2D eigenvalue weighted by Crippen LogP contribution is 2.35. The molecule has 0 radical (unpaired) electrons. The van der Waals surface area contributed by atoms with Crippen LogP contribution in [0.4, 0.5) is 39.5 Å². The summed E-state index contributed by atoms with van der Waals surface area (Å²) in [5, 5.41) is 11.6. The van der Waals surface area contributed by atoms with E-state index in [9.17, 15) is 44.6 Å². The molecule has 0 aliphatic carbocycles. The summed E-state index contributed by atoms with van der Waals surface area (Å²) in [6.07, 6.45) is -12.8. The minimum atomic E-state index is -5.04. The number of rotatable bonds is 9. The molecule has 37 heavy (non-hydrogen) atoms. The third-order valence-corrected chi connectivity index (χ3v) is 4.99. The Hall–Kier alpha value is -3.45. The molecule has 4 nitrogen and oxygen atoms in total. The smallest absolute Gasteiger partial charge is 0.416 e. The monoisotopic (exact) mass is 539 g/mol.